The van der Waals surface area contributed by atoms with Gasteiger partial charge in [-0.2, -0.15) is 0 Å². The van der Waals surface area contributed by atoms with Crippen molar-refractivity contribution in [3.8, 4) is 22.6 Å². The van der Waals surface area contributed by atoms with Crippen molar-refractivity contribution >= 4 is 27.5 Å². The Hall–Kier alpha value is -3.57. The molecule has 0 radical (unpaired) electrons. The number of amides is 1. The Kier molecular flexibility index (Phi) is 5.57. The van der Waals surface area contributed by atoms with Gasteiger partial charge in [-0.15, -0.1) is 0 Å². The van der Waals surface area contributed by atoms with Crippen LogP contribution in [0.3, 0.4) is 0 Å². The molecule has 5 heteroatoms. The van der Waals surface area contributed by atoms with Gasteiger partial charge >= 0.3 is 0 Å². The number of carbonyl (C=O) groups excluding carboxylic acids is 1. The molecular formula is C30H30N2O3. The largest absolute Gasteiger partial charge is 0.496 e. The van der Waals surface area contributed by atoms with Gasteiger partial charge in [0.1, 0.15) is 17.5 Å². The summed E-state index contributed by atoms with van der Waals surface area (Å²) >= 11 is 0. The lowest BCUT2D eigenvalue weighted by Gasteiger charge is -2.40. The van der Waals surface area contributed by atoms with E-state index in [0.717, 1.165) is 62.6 Å². The van der Waals surface area contributed by atoms with Crippen LogP contribution in [0.15, 0.2) is 66.7 Å². The summed E-state index contributed by atoms with van der Waals surface area (Å²) < 4.78 is 11.7. The van der Waals surface area contributed by atoms with Gasteiger partial charge in [0.15, 0.2) is 0 Å². The number of hydrogen-bond acceptors (Lipinski definition) is 4. The minimum absolute atomic E-state index is 0.0666. The van der Waals surface area contributed by atoms with Crippen LogP contribution < -0.4 is 20.1 Å². The van der Waals surface area contributed by atoms with Crippen molar-refractivity contribution in [3.63, 3.8) is 0 Å². The number of carbonyl (C=O) groups is 1. The fourth-order valence-electron chi connectivity index (χ4n) is 5.92. The quantitative estimate of drug-likeness (QED) is 0.402. The molecule has 4 aromatic carbocycles. The number of nitrogens with one attached hydrogen (secondary N) is 2. The molecule has 0 aromatic heterocycles. The molecule has 178 valence electrons. The second-order valence-corrected chi connectivity index (χ2v) is 9.59. The average molecular weight is 467 g/mol. The Balaban J connectivity index is 1.50. The lowest BCUT2D eigenvalue weighted by Crippen LogP contribution is -2.61. The Morgan fingerprint density at radius 2 is 1.40 bits per heavy atom. The maximum Gasteiger partial charge on any atom is 0.242 e. The summed E-state index contributed by atoms with van der Waals surface area (Å²) in [5.41, 5.74) is 3.00. The maximum atomic E-state index is 13.0. The lowest BCUT2D eigenvalue weighted by molar-refractivity contribution is -0.127. The number of rotatable bonds is 4. The number of benzene rings is 4. The average Bonchev–Trinajstić information content (AvgIpc) is 2.91. The zero-order valence-corrected chi connectivity index (χ0v) is 20.1. The molecule has 2 fully saturated rings. The number of methoxy groups -OCH3 is 2. The van der Waals surface area contributed by atoms with Crippen molar-refractivity contribution in [1.82, 2.24) is 10.6 Å². The molecule has 3 atom stereocenters. The first-order valence-electron chi connectivity index (χ1n) is 12.4. The van der Waals surface area contributed by atoms with Gasteiger partial charge in [0.05, 0.1) is 14.2 Å². The summed E-state index contributed by atoms with van der Waals surface area (Å²) in [6.45, 7) is 0. The van der Waals surface area contributed by atoms with Gasteiger partial charge in [-0.1, -0.05) is 61.4 Å². The van der Waals surface area contributed by atoms with Gasteiger partial charge in [-0.3, -0.25) is 10.1 Å². The fraction of sp³-hybridized carbons (Fsp3) is 0.300. The molecule has 1 aliphatic carbocycles. The Morgan fingerprint density at radius 1 is 0.743 bits per heavy atom. The van der Waals surface area contributed by atoms with E-state index < -0.39 is 0 Å². The normalized spacial score (nSPS) is 22.0. The fourth-order valence-corrected chi connectivity index (χ4v) is 5.92. The third-order valence-electron chi connectivity index (χ3n) is 7.66. The van der Waals surface area contributed by atoms with Crippen molar-refractivity contribution in [2.75, 3.05) is 14.2 Å². The summed E-state index contributed by atoms with van der Waals surface area (Å²) in [5.74, 6) is 1.66. The molecule has 0 bridgehead atoms. The van der Waals surface area contributed by atoms with Gasteiger partial charge in [0.2, 0.25) is 5.91 Å². The third-order valence-corrected chi connectivity index (χ3v) is 7.66. The van der Waals surface area contributed by atoms with E-state index in [0.29, 0.717) is 6.04 Å². The second kappa shape index (κ2) is 8.90. The predicted octanol–water partition coefficient (Wildman–Crippen LogP) is 5.75. The zero-order valence-electron chi connectivity index (χ0n) is 20.1. The molecule has 35 heavy (non-hydrogen) atoms. The van der Waals surface area contributed by atoms with E-state index in [2.05, 4.69) is 53.1 Å². The number of piperazine rings is 1. The summed E-state index contributed by atoms with van der Waals surface area (Å²) in [7, 11) is 3.41. The van der Waals surface area contributed by atoms with Crippen LogP contribution in [-0.2, 0) is 4.79 Å². The Bertz CT molecular complexity index is 1430. The Labute approximate surface area is 205 Å². The molecule has 6 rings (SSSR count). The van der Waals surface area contributed by atoms with E-state index >= 15 is 0 Å². The van der Waals surface area contributed by atoms with E-state index in [1.807, 2.05) is 24.3 Å². The summed E-state index contributed by atoms with van der Waals surface area (Å²) in [6.07, 6.45) is 4.57. The standard InChI is InChI=1S/C30H30N2O3/c1-34-25-15-12-18-7-3-4-8-21(18)27(25)28-22-14-11-20(17-19(22)13-16-26(28)35-2)29-30(33)32-24-10-6-5-9-23(24)31-29/h3-4,7-8,11-17,23-24,29,31H,5-6,9-10H2,1-2H3,(H,32,33)/t23-,24-,29?/m1/s1. The van der Waals surface area contributed by atoms with Crippen molar-refractivity contribution in [3.05, 3.63) is 72.3 Å². The number of ether oxygens (including phenoxy) is 2. The molecule has 0 spiro atoms. The number of hydrogen-bond donors (Lipinski definition) is 2. The lowest BCUT2D eigenvalue weighted by atomic mass is 9.86. The van der Waals surface area contributed by atoms with Crippen LogP contribution in [0.5, 0.6) is 11.5 Å². The van der Waals surface area contributed by atoms with Crippen LogP contribution in [-0.4, -0.2) is 32.2 Å². The first-order valence-corrected chi connectivity index (χ1v) is 12.4. The van der Waals surface area contributed by atoms with Crippen LogP contribution >= 0.6 is 0 Å². The van der Waals surface area contributed by atoms with Gasteiger partial charge < -0.3 is 14.8 Å². The maximum absolute atomic E-state index is 13.0. The van der Waals surface area contributed by atoms with Crippen molar-refractivity contribution < 1.29 is 14.3 Å². The van der Waals surface area contributed by atoms with Crippen LogP contribution in [0.4, 0.5) is 0 Å². The molecule has 1 aliphatic heterocycles. The van der Waals surface area contributed by atoms with E-state index in [4.69, 9.17) is 9.47 Å². The van der Waals surface area contributed by atoms with Crippen LogP contribution in [0.25, 0.3) is 32.7 Å². The van der Waals surface area contributed by atoms with Gasteiger partial charge in [0.25, 0.3) is 0 Å². The van der Waals surface area contributed by atoms with Crippen LogP contribution in [0, 0.1) is 0 Å². The molecule has 1 saturated heterocycles. The van der Waals surface area contributed by atoms with Crippen LogP contribution in [0.2, 0.25) is 0 Å². The number of fused-ring (bicyclic) bond motifs is 3. The molecule has 2 N–H and O–H groups in total. The monoisotopic (exact) mass is 466 g/mol. The molecule has 2 aliphatic rings. The Morgan fingerprint density at radius 3 is 2.14 bits per heavy atom. The molecular weight excluding hydrogens is 436 g/mol. The highest BCUT2D eigenvalue weighted by atomic mass is 16.5. The van der Waals surface area contributed by atoms with Gasteiger partial charge in [-0.25, -0.2) is 0 Å². The molecule has 5 nitrogen and oxygen atoms in total. The predicted molar refractivity (Wildman–Crippen MR) is 140 cm³/mol. The smallest absolute Gasteiger partial charge is 0.242 e. The van der Waals surface area contributed by atoms with Gasteiger partial charge in [-0.05, 0) is 58.1 Å². The van der Waals surface area contributed by atoms with Crippen molar-refractivity contribution in [2.24, 2.45) is 0 Å². The topological polar surface area (TPSA) is 59.6 Å². The van der Waals surface area contributed by atoms with E-state index in [1.54, 1.807) is 14.2 Å². The van der Waals surface area contributed by atoms with Crippen LogP contribution in [0.1, 0.15) is 37.3 Å². The molecule has 1 saturated carbocycles. The molecule has 1 unspecified atom stereocenters. The zero-order chi connectivity index (χ0) is 23.9. The summed E-state index contributed by atoms with van der Waals surface area (Å²) in [6, 6.07) is 23.1. The summed E-state index contributed by atoms with van der Waals surface area (Å²) in [5, 5.41) is 11.3. The minimum atomic E-state index is -0.337. The summed E-state index contributed by atoms with van der Waals surface area (Å²) in [4.78, 5) is 13.0. The third kappa shape index (κ3) is 3.71. The van der Waals surface area contributed by atoms with Crippen molar-refractivity contribution in [1.29, 1.82) is 0 Å². The first-order chi connectivity index (χ1) is 17.2. The molecule has 4 aromatic rings. The second-order valence-electron chi connectivity index (χ2n) is 9.59. The van der Waals surface area contributed by atoms with Crippen molar-refractivity contribution in [2.45, 2.75) is 43.8 Å². The highest BCUT2D eigenvalue weighted by Crippen LogP contribution is 2.45. The van der Waals surface area contributed by atoms with E-state index in [1.165, 1.54) is 12.8 Å². The molecule has 1 amide bonds. The highest BCUT2D eigenvalue weighted by Gasteiger charge is 2.37. The highest BCUT2D eigenvalue weighted by molar-refractivity contribution is 6.10. The van der Waals surface area contributed by atoms with Gasteiger partial charge in [0, 0.05) is 23.2 Å². The first kappa shape index (κ1) is 21.9. The molecule has 1 heterocycles. The minimum Gasteiger partial charge on any atom is -0.496 e. The van der Waals surface area contributed by atoms with E-state index in [-0.39, 0.29) is 18.0 Å². The SMILES string of the molecule is COc1ccc2ccccc2c1-c1c(OC)ccc2cc(C3N[C@@H]4CCCC[C@H]4NC3=O)ccc12. The van der Waals surface area contributed by atoms with E-state index in [9.17, 15) is 4.79 Å².